The standard InChI is InChI=1S/C35H40FN5O6S2/c1-34(16-17-34)49(45,46)40-32(44)35-20-22(35)10-5-3-2-4-6-14-27(37-24-12-9-11-23(36)18-24)31(43)41-21-25(19-28(41)30(42)39-35)47-33-38-26-13-7-8-15-29(26)48-33/h5,7-13,15,18,22,25,27-28,37H,2-4,6,14,16-17,19-21H2,1H3,(H,39,42)(H,40,44)/b10-5-/t22-,25-,27+,28+,35-/m1/s1. The molecular weight excluding hydrogens is 670 g/mol. The maximum Gasteiger partial charge on any atom is 0.274 e. The summed E-state index contributed by atoms with van der Waals surface area (Å²) in [5.41, 5.74) is -0.241. The molecule has 2 saturated carbocycles. The number of hydrogen-bond acceptors (Lipinski definition) is 9. The van der Waals surface area contributed by atoms with Crippen LogP contribution >= 0.6 is 11.3 Å². The predicted molar refractivity (Wildman–Crippen MR) is 184 cm³/mol. The molecule has 1 saturated heterocycles. The molecule has 2 aliphatic heterocycles. The van der Waals surface area contributed by atoms with Gasteiger partial charge in [-0.3, -0.25) is 19.1 Å². The fraction of sp³-hybridized carbons (Fsp3) is 0.486. The van der Waals surface area contributed by atoms with E-state index in [1.54, 1.807) is 19.1 Å². The Morgan fingerprint density at radius 3 is 2.71 bits per heavy atom. The van der Waals surface area contributed by atoms with Crippen LogP contribution in [0.2, 0.25) is 0 Å². The summed E-state index contributed by atoms with van der Waals surface area (Å²) >= 11 is 1.37. The van der Waals surface area contributed by atoms with Crippen molar-refractivity contribution < 1.29 is 31.9 Å². The number of hydrogen-bond donors (Lipinski definition) is 3. The molecule has 4 aliphatic rings. The first-order chi connectivity index (χ1) is 23.5. The molecule has 2 aromatic carbocycles. The molecule has 3 aromatic rings. The molecule has 0 unspecified atom stereocenters. The number of sulfonamides is 1. The molecule has 2 aliphatic carbocycles. The van der Waals surface area contributed by atoms with Gasteiger partial charge in [0.05, 0.1) is 21.5 Å². The van der Waals surface area contributed by atoms with Gasteiger partial charge in [-0.1, -0.05) is 54.5 Å². The lowest BCUT2D eigenvalue weighted by Crippen LogP contribution is -2.58. The fourth-order valence-electron chi connectivity index (χ4n) is 6.77. The van der Waals surface area contributed by atoms with Crippen molar-refractivity contribution in [2.24, 2.45) is 5.92 Å². The van der Waals surface area contributed by atoms with E-state index in [1.165, 1.54) is 28.4 Å². The van der Waals surface area contributed by atoms with Crippen molar-refractivity contribution in [3.63, 3.8) is 0 Å². The lowest BCUT2D eigenvalue weighted by molar-refractivity contribution is -0.140. The fourth-order valence-corrected chi connectivity index (χ4v) is 8.96. The molecule has 49 heavy (non-hydrogen) atoms. The second-order valence-electron chi connectivity index (χ2n) is 13.9. The third kappa shape index (κ3) is 6.89. The van der Waals surface area contributed by atoms with E-state index >= 15 is 0 Å². The maximum atomic E-state index is 14.4. The predicted octanol–water partition coefficient (Wildman–Crippen LogP) is 4.66. The number of nitrogens with one attached hydrogen (secondary N) is 3. The topological polar surface area (TPSA) is 147 Å². The SMILES string of the molecule is CC1(S(=O)(=O)NC(=O)[C@@]23C[C@H]2/C=C\CCCCC[C@H](Nc2cccc(F)c2)C(=O)N2C[C@H](Oc4nc5ccccc5s4)C[C@H]2C(=O)N3)CC1. The summed E-state index contributed by atoms with van der Waals surface area (Å²) in [4.78, 5) is 48.4. The summed E-state index contributed by atoms with van der Waals surface area (Å²) in [6, 6.07) is 11.8. The van der Waals surface area contributed by atoms with Gasteiger partial charge in [0.25, 0.3) is 11.1 Å². The van der Waals surface area contributed by atoms with Crippen molar-refractivity contribution in [3.8, 4) is 5.19 Å². The van der Waals surface area contributed by atoms with E-state index in [9.17, 15) is 27.2 Å². The van der Waals surface area contributed by atoms with Gasteiger partial charge in [0.2, 0.25) is 21.8 Å². The number of nitrogens with zero attached hydrogens (tertiary/aromatic N) is 2. The van der Waals surface area contributed by atoms with Crippen LogP contribution in [0.4, 0.5) is 10.1 Å². The summed E-state index contributed by atoms with van der Waals surface area (Å²) in [6.45, 7) is 1.69. The van der Waals surface area contributed by atoms with Gasteiger partial charge in [-0.2, -0.15) is 0 Å². The van der Waals surface area contributed by atoms with Crippen molar-refractivity contribution in [3.05, 3.63) is 66.5 Å². The highest BCUT2D eigenvalue weighted by molar-refractivity contribution is 7.91. The number of carbonyl (C=O) groups is 3. The van der Waals surface area contributed by atoms with Gasteiger partial charge in [-0.05, 0) is 75.8 Å². The Hall–Kier alpha value is -4.04. The zero-order chi connectivity index (χ0) is 34.4. The molecule has 0 spiro atoms. The number of fused-ring (bicyclic) bond motifs is 3. The van der Waals surface area contributed by atoms with Gasteiger partial charge in [-0.25, -0.2) is 17.8 Å². The quantitative estimate of drug-likeness (QED) is 0.301. The Balaban J connectivity index is 1.18. The average molecular weight is 710 g/mol. The van der Waals surface area contributed by atoms with Crippen molar-refractivity contribution in [2.45, 2.75) is 93.2 Å². The second kappa shape index (κ2) is 13.0. The van der Waals surface area contributed by atoms with Crippen LogP contribution in [0.1, 0.15) is 64.7 Å². The number of benzene rings is 2. The van der Waals surface area contributed by atoms with Crippen LogP contribution in [0.25, 0.3) is 10.2 Å². The zero-order valence-electron chi connectivity index (χ0n) is 27.2. The third-order valence-corrected chi connectivity index (χ3v) is 13.3. The smallest absolute Gasteiger partial charge is 0.274 e. The summed E-state index contributed by atoms with van der Waals surface area (Å²) in [6.07, 6.45) is 8.14. The van der Waals surface area contributed by atoms with Crippen LogP contribution < -0.4 is 20.1 Å². The highest BCUT2D eigenvalue weighted by Crippen LogP contribution is 2.47. The molecule has 3 N–H and O–H groups in total. The van der Waals surface area contributed by atoms with Gasteiger partial charge in [0.1, 0.15) is 29.5 Å². The number of amides is 3. The number of allylic oxidation sites excluding steroid dienone is 1. The van der Waals surface area contributed by atoms with Crippen LogP contribution in [0, 0.1) is 11.7 Å². The number of para-hydroxylation sites is 1. The van der Waals surface area contributed by atoms with Crippen LogP contribution in [0.15, 0.2) is 60.7 Å². The lowest BCUT2D eigenvalue weighted by atomic mass is 10.0. The monoisotopic (exact) mass is 709 g/mol. The Morgan fingerprint density at radius 1 is 1.12 bits per heavy atom. The minimum atomic E-state index is -3.95. The number of halogens is 1. The summed E-state index contributed by atoms with van der Waals surface area (Å²) < 4.78 is 48.7. The van der Waals surface area contributed by atoms with E-state index < -0.39 is 62.0 Å². The number of thiazole rings is 1. The summed E-state index contributed by atoms with van der Waals surface area (Å²) in [7, 11) is -3.95. The highest BCUT2D eigenvalue weighted by atomic mass is 32.2. The minimum absolute atomic E-state index is 0.0867. The molecule has 1 aromatic heterocycles. The van der Waals surface area contributed by atoms with Crippen LogP contribution in [0.5, 0.6) is 5.19 Å². The van der Waals surface area contributed by atoms with E-state index in [0.29, 0.717) is 30.1 Å². The molecule has 3 fully saturated rings. The van der Waals surface area contributed by atoms with Crippen molar-refractivity contribution >= 4 is 55.0 Å². The minimum Gasteiger partial charge on any atom is -0.465 e. The maximum absolute atomic E-state index is 14.4. The Morgan fingerprint density at radius 2 is 1.94 bits per heavy atom. The first kappa shape index (κ1) is 33.5. The van der Waals surface area contributed by atoms with Gasteiger partial charge < -0.3 is 20.3 Å². The van der Waals surface area contributed by atoms with Gasteiger partial charge >= 0.3 is 0 Å². The third-order valence-electron chi connectivity index (χ3n) is 10.2. The molecule has 14 heteroatoms. The van der Waals surface area contributed by atoms with Gasteiger partial charge in [0, 0.05) is 18.0 Å². The lowest BCUT2D eigenvalue weighted by Gasteiger charge is -2.30. The number of rotatable bonds is 7. The number of carbonyl (C=O) groups excluding carboxylic acids is 3. The second-order valence-corrected chi connectivity index (χ2v) is 17.0. The molecule has 0 bridgehead atoms. The van der Waals surface area contributed by atoms with Crippen LogP contribution in [-0.2, 0) is 24.4 Å². The number of ether oxygens (including phenoxy) is 1. The summed E-state index contributed by atoms with van der Waals surface area (Å²) in [5.74, 6) is -2.51. The van der Waals surface area contributed by atoms with E-state index in [1.807, 2.05) is 36.4 Å². The van der Waals surface area contributed by atoms with Crippen LogP contribution in [-0.4, -0.2) is 71.0 Å². The first-order valence-electron chi connectivity index (χ1n) is 16.9. The molecule has 5 atom stereocenters. The Bertz CT molecular complexity index is 1880. The average Bonchev–Trinajstić information content (AvgIpc) is 3.87. The molecule has 3 amide bonds. The van der Waals surface area contributed by atoms with Gasteiger partial charge in [0.15, 0.2) is 0 Å². The highest BCUT2D eigenvalue weighted by Gasteiger charge is 2.63. The number of aromatic nitrogens is 1. The van der Waals surface area contributed by atoms with Gasteiger partial charge in [-0.15, -0.1) is 0 Å². The zero-order valence-corrected chi connectivity index (χ0v) is 28.8. The molecule has 260 valence electrons. The van der Waals surface area contributed by atoms with E-state index in [0.717, 1.165) is 35.9 Å². The summed E-state index contributed by atoms with van der Waals surface area (Å²) in [5, 5.41) is 6.52. The molecule has 7 rings (SSSR count). The molecule has 0 radical (unpaired) electrons. The van der Waals surface area contributed by atoms with E-state index in [-0.39, 0.29) is 25.3 Å². The molecule has 3 heterocycles. The van der Waals surface area contributed by atoms with E-state index in [2.05, 4.69) is 20.3 Å². The largest absolute Gasteiger partial charge is 0.465 e. The Kier molecular flexibility index (Phi) is 8.89. The van der Waals surface area contributed by atoms with Crippen molar-refractivity contribution in [1.82, 2.24) is 19.9 Å². The Labute approximate surface area is 288 Å². The normalized spacial score (nSPS) is 29.1. The number of anilines is 1. The molecular formula is C35H40FN5O6S2. The van der Waals surface area contributed by atoms with Crippen molar-refractivity contribution in [1.29, 1.82) is 0 Å². The first-order valence-corrected chi connectivity index (χ1v) is 19.2. The van der Waals surface area contributed by atoms with Crippen molar-refractivity contribution in [2.75, 3.05) is 11.9 Å². The molecule has 11 nitrogen and oxygen atoms in total. The van der Waals surface area contributed by atoms with E-state index in [4.69, 9.17) is 4.74 Å². The van der Waals surface area contributed by atoms with Crippen LogP contribution in [0.3, 0.4) is 0 Å².